The molecule has 1 aliphatic carbocycles. The van der Waals surface area contributed by atoms with Crippen molar-refractivity contribution in [1.29, 1.82) is 0 Å². The Balaban J connectivity index is 1.86. The zero-order valence-corrected chi connectivity index (χ0v) is 10.6. The van der Waals surface area contributed by atoms with Crippen LogP contribution < -0.4 is 5.32 Å². The fraction of sp³-hybridized carbons (Fsp3) is 0.833. The van der Waals surface area contributed by atoms with Gasteiger partial charge in [-0.1, -0.05) is 0 Å². The van der Waals surface area contributed by atoms with Crippen LogP contribution in [0.15, 0.2) is 0 Å². The number of carbonyl (C=O) groups is 2. The minimum atomic E-state index is -0.914. The largest absolute Gasteiger partial charge is 0.481 e. The molecule has 102 valence electrons. The average Bonchev–Trinajstić information content (AvgIpc) is 3.03. The molecule has 0 aromatic carbocycles. The zero-order valence-electron chi connectivity index (χ0n) is 10.6. The molecule has 0 aromatic heterocycles. The van der Waals surface area contributed by atoms with Crippen LogP contribution in [0.4, 0.5) is 4.79 Å². The Hall–Kier alpha value is -1.30. The lowest BCUT2D eigenvalue weighted by atomic mass is 10.0. The second-order valence-electron chi connectivity index (χ2n) is 5.02. The number of carboxylic acids is 1. The molecule has 1 aliphatic heterocycles. The summed E-state index contributed by atoms with van der Waals surface area (Å²) in [4.78, 5) is 24.7. The summed E-state index contributed by atoms with van der Waals surface area (Å²) in [5, 5.41) is 11.8. The van der Waals surface area contributed by atoms with Crippen LogP contribution in [0.5, 0.6) is 0 Å². The van der Waals surface area contributed by atoms with Crippen LogP contribution in [0, 0.1) is 11.8 Å². The van der Waals surface area contributed by atoms with Gasteiger partial charge in [0.2, 0.25) is 0 Å². The fourth-order valence-electron chi connectivity index (χ4n) is 2.16. The van der Waals surface area contributed by atoms with Crippen molar-refractivity contribution < 1.29 is 19.4 Å². The van der Waals surface area contributed by atoms with Gasteiger partial charge in [0.15, 0.2) is 0 Å². The smallest absolute Gasteiger partial charge is 0.317 e. The van der Waals surface area contributed by atoms with Crippen molar-refractivity contribution >= 4 is 12.0 Å². The molecule has 2 N–H and O–H groups in total. The summed E-state index contributed by atoms with van der Waals surface area (Å²) in [6.07, 6.45) is 2.38. The summed E-state index contributed by atoms with van der Waals surface area (Å²) in [7, 11) is 0. The number of nitrogens with one attached hydrogen (secondary N) is 1. The predicted molar refractivity (Wildman–Crippen MR) is 64.2 cm³/mol. The van der Waals surface area contributed by atoms with Crippen LogP contribution >= 0.6 is 0 Å². The van der Waals surface area contributed by atoms with Crippen LogP contribution in [0.1, 0.15) is 19.8 Å². The van der Waals surface area contributed by atoms with Crippen molar-refractivity contribution in [3.63, 3.8) is 0 Å². The van der Waals surface area contributed by atoms with E-state index in [9.17, 15) is 9.59 Å². The fourth-order valence-corrected chi connectivity index (χ4v) is 2.16. The molecule has 0 aromatic rings. The molecular weight excluding hydrogens is 236 g/mol. The van der Waals surface area contributed by atoms with E-state index in [0.717, 1.165) is 6.54 Å². The Morgan fingerprint density at radius 3 is 2.67 bits per heavy atom. The standard InChI is InChI=1S/C12H20N2O4/c1-2-14(5-8-3-4-8)12(17)13-10-7-18-6-9(10)11(15)16/h8-10H,2-7H2,1H3,(H,13,17)(H,15,16). The predicted octanol–water partition coefficient (Wildman–Crippen LogP) is 0.527. The highest BCUT2D eigenvalue weighted by molar-refractivity contribution is 5.77. The molecule has 0 bridgehead atoms. The van der Waals surface area contributed by atoms with E-state index < -0.39 is 17.9 Å². The second-order valence-corrected chi connectivity index (χ2v) is 5.02. The number of nitrogens with zero attached hydrogens (tertiary/aromatic N) is 1. The van der Waals surface area contributed by atoms with Crippen LogP contribution in [0.3, 0.4) is 0 Å². The summed E-state index contributed by atoms with van der Waals surface area (Å²) < 4.78 is 5.12. The average molecular weight is 256 g/mol. The first kappa shape index (κ1) is 13.1. The van der Waals surface area contributed by atoms with E-state index in [0.29, 0.717) is 12.5 Å². The quantitative estimate of drug-likeness (QED) is 0.752. The third-order valence-corrected chi connectivity index (χ3v) is 3.55. The summed E-state index contributed by atoms with van der Waals surface area (Å²) in [5.41, 5.74) is 0. The Morgan fingerprint density at radius 1 is 1.39 bits per heavy atom. The molecular formula is C12H20N2O4. The van der Waals surface area contributed by atoms with Gasteiger partial charge in [-0.15, -0.1) is 0 Å². The van der Waals surface area contributed by atoms with Crippen molar-refractivity contribution in [1.82, 2.24) is 10.2 Å². The SMILES string of the molecule is CCN(CC1CC1)C(=O)NC1COCC1C(=O)O. The molecule has 6 heteroatoms. The van der Waals surface area contributed by atoms with Crippen molar-refractivity contribution in [3.8, 4) is 0 Å². The van der Waals surface area contributed by atoms with E-state index >= 15 is 0 Å². The molecule has 2 aliphatic rings. The van der Waals surface area contributed by atoms with Gasteiger partial charge in [0.1, 0.15) is 5.92 Å². The van der Waals surface area contributed by atoms with E-state index in [1.807, 2.05) is 6.92 Å². The van der Waals surface area contributed by atoms with Gasteiger partial charge < -0.3 is 20.1 Å². The lowest BCUT2D eigenvalue weighted by molar-refractivity contribution is -0.142. The summed E-state index contributed by atoms with van der Waals surface area (Å²) in [5.74, 6) is -0.914. The minimum absolute atomic E-state index is 0.175. The van der Waals surface area contributed by atoms with E-state index in [1.165, 1.54) is 12.8 Å². The van der Waals surface area contributed by atoms with Crippen molar-refractivity contribution in [2.45, 2.75) is 25.8 Å². The number of hydrogen-bond acceptors (Lipinski definition) is 3. The Morgan fingerprint density at radius 2 is 2.11 bits per heavy atom. The van der Waals surface area contributed by atoms with Crippen LogP contribution in [0.2, 0.25) is 0 Å². The first-order valence-electron chi connectivity index (χ1n) is 6.47. The summed E-state index contributed by atoms with van der Waals surface area (Å²) >= 11 is 0. The number of ether oxygens (including phenoxy) is 1. The van der Waals surface area contributed by atoms with Gasteiger partial charge in [-0.3, -0.25) is 4.79 Å². The van der Waals surface area contributed by atoms with E-state index in [2.05, 4.69) is 5.32 Å². The number of rotatable bonds is 5. The number of amides is 2. The Kier molecular flexibility index (Phi) is 4.06. The molecule has 2 rings (SSSR count). The molecule has 2 atom stereocenters. The first-order chi connectivity index (χ1) is 8.61. The third-order valence-electron chi connectivity index (χ3n) is 3.55. The molecule has 2 fully saturated rings. The molecule has 1 heterocycles. The van der Waals surface area contributed by atoms with Gasteiger partial charge in [0.25, 0.3) is 0 Å². The maximum atomic E-state index is 12.0. The van der Waals surface area contributed by atoms with E-state index in [4.69, 9.17) is 9.84 Å². The van der Waals surface area contributed by atoms with Gasteiger partial charge in [-0.25, -0.2) is 4.79 Å². The molecule has 0 spiro atoms. The van der Waals surface area contributed by atoms with Gasteiger partial charge in [-0.2, -0.15) is 0 Å². The Labute approximate surface area is 106 Å². The number of hydrogen-bond donors (Lipinski definition) is 2. The van der Waals surface area contributed by atoms with Crippen molar-refractivity contribution in [2.75, 3.05) is 26.3 Å². The summed E-state index contributed by atoms with van der Waals surface area (Å²) in [6.45, 7) is 3.81. The Bertz CT molecular complexity index is 330. The maximum Gasteiger partial charge on any atom is 0.317 e. The highest BCUT2D eigenvalue weighted by Gasteiger charge is 2.36. The third kappa shape index (κ3) is 3.13. The highest BCUT2D eigenvalue weighted by atomic mass is 16.5. The highest BCUT2D eigenvalue weighted by Crippen LogP contribution is 2.29. The lowest BCUT2D eigenvalue weighted by Crippen LogP contribution is -2.49. The topological polar surface area (TPSA) is 78.9 Å². The minimum Gasteiger partial charge on any atom is -0.481 e. The molecule has 6 nitrogen and oxygen atoms in total. The normalized spacial score (nSPS) is 26.9. The molecule has 2 amide bonds. The number of urea groups is 1. The number of carbonyl (C=O) groups excluding carboxylic acids is 1. The van der Waals surface area contributed by atoms with Crippen LogP contribution in [-0.4, -0.2) is 54.4 Å². The van der Waals surface area contributed by atoms with Gasteiger partial charge in [0.05, 0.1) is 19.3 Å². The molecule has 1 saturated carbocycles. The van der Waals surface area contributed by atoms with E-state index in [-0.39, 0.29) is 19.2 Å². The van der Waals surface area contributed by atoms with E-state index in [1.54, 1.807) is 4.90 Å². The van der Waals surface area contributed by atoms with Gasteiger partial charge >= 0.3 is 12.0 Å². The second kappa shape index (κ2) is 5.56. The summed E-state index contributed by atoms with van der Waals surface area (Å²) in [6, 6.07) is -0.589. The lowest BCUT2D eigenvalue weighted by Gasteiger charge is -2.24. The van der Waals surface area contributed by atoms with Gasteiger partial charge in [0, 0.05) is 13.1 Å². The molecule has 1 saturated heterocycles. The zero-order chi connectivity index (χ0) is 13.1. The number of carboxylic acid groups (broad SMARTS) is 1. The molecule has 18 heavy (non-hydrogen) atoms. The van der Waals surface area contributed by atoms with Crippen molar-refractivity contribution in [2.24, 2.45) is 11.8 Å². The van der Waals surface area contributed by atoms with Gasteiger partial charge in [-0.05, 0) is 25.7 Å². The monoisotopic (exact) mass is 256 g/mol. The van der Waals surface area contributed by atoms with Crippen LogP contribution in [-0.2, 0) is 9.53 Å². The number of aliphatic carboxylic acids is 1. The first-order valence-corrected chi connectivity index (χ1v) is 6.47. The van der Waals surface area contributed by atoms with Crippen molar-refractivity contribution in [3.05, 3.63) is 0 Å². The van der Waals surface area contributed by atoms with Crippen LogP contribution in [0.25, 0.3) is 0 Å². The molecule has 2 unspecified atom stereocenters. The maximum absolute atomic E-state index is 12.0. The molecule has 0 radical (unpaired) electrons.